The van der Waals surface area contributed by atoms with E-state index in [0.717, 1.165) is 0 Å². The van der Waals surface area contributed by atoms with Crippen LogP contribution < -0.4 is 11.1 Å². The highest BCUT2D eigenvalue weighted by molar-refractivity contribution is 5.97. The Bertz CT molecular complexity index is 688. The van der Waals surface area contributed by atoms with Gasteiger partial charge < -0.3 is 15.8 Å². The molecule has 0 aliphatic carbocycles. The summed E-state index contributed by atoms with van der Waals surface area (Å²) in [5, 5.41) is 2.58. The van der Waals surface area contributed by atoms with Crippen LogP contribution in [-0.4, -0.2) is 21.8 Å². The van der Waals surface area contributed by atoms with Crippen molar-refractivity contribution in [3.05, 3.63) is 47.9 Å². The zero-order valence-corrected chi connectivity index (χ0v) is 12.2. The van der Waals surface area contributed by atoms with Gasteiger partial charge in [0, 0.05) is 12.5 Å². The fourth-order valence-corrected chi connectivity index (χ4v) is 1.85. The number of nitrogens with one attached hydrogen (secondary N) is 1. The lowest BCUT2D eigenvalue weighted by Gasteiger charge is -2.17. The van der Waals surface area contributed by atoms with E-state index in [4.69, 9.17) is 10.5 Å². The van der Waals surface area contributed by atoms with Gasteiger partial charge in [0.15, 0.2) is 5.82 Å². The number of rotatable bonds is 4. The predicted molar refractivity (Wildman–Crippen MR) is 80.8 cm³/mol. The molecule has 114 valence electrons. The Labute approximate surface area is 127 Å². The van der Waals surface area contributed by atoms with E-state index in [0.29, 0.717) is 11.4 Å². The highest BCUT2D eigenvalue weighted by atomic mass is 16.5. The summed E-state index contributed by atoms with van der Waals surface area (Å²) in [6.45, 7) is 2.93. The van der Waals surface area contributed by atoms with Crippen LogP contribution in [0.2, 0.25) is 0 Å². The number of nitrogens with two attached hydrogens (primary N) is 1. The third kappa shape index (κ3) is 3.78. The van der Waals surface area contributed by atoms with Gasteiger partial charge in [-0.2, -0.15) is 0 Å². The Morgan fingerprint density at radius 2 is 1.95 bits per heavy atom. The number of amides is 1. The minimum Gasteiger partial charge on any atom is -0.447 e. The third-order valence-electron chi connectivity index (χ3n) is 2.82. The first-order valence-corrected chi connectivity index (χ1v) is 6.59. The van der Waals surface area contributed by atoms with Crippen LogP contribution in [0.1, 0.15) is 24.4 Å². The van der Waals surface area contributed by atoms with Gasteiger partial charge in [0.1, 0.15) is 11.5 Å². The second kappa shape index (κ2) is 6.66. The molecule has 2 aromatic rings. The number of nitrogens with zero attached hydrogens (tertiary/aromatic N) is 2. The van der Waals surface area contributed by atoms with Crippen molar-refractivity contribution in [3.8, 4) is 0 Å². The van der Waals surface area contributed by atoms with Gasteiger partial charge in [-0.1, -0.05) is 30.3 Å². The highest BCUT2D eigenvalue weighted by Crippen LogP contribution is 2.21. The summed E-state index contributed by atoms with van der Waals surface area (Å²) in [7, 11) is 0. The molecule has 0 spiro atoms. The maximum absolute atomic E-state index is 12.4. The van der Waals surface area contributed by atoms with E-state index in [1.807, 2.05) is 0 Å². The zero-order chi connectivity index (χ0) is 16.1. The Morgan fingerprint density at radius 1 is 1.27 bits per heavy atom. The van der Waals surface area contributed by atoms with Crippen molar-refractivity contribution < 1.29 is 14.3 Å². The fraction of sp³-hybridized carbons (Fsp3) is 0.200. The van der Waals surface area contributed by atoms with Crippen LogP contribution in [0.25, 0.3) is 0 Å². The Hall–Kier alpha value is -2.96. The molecule has 7 heteroatoms. The monoisotopic (exact) mass is 300 g/mol. The van der Waals surface area contributed by atoms with Crippen molar-refractivity contribution in [1.82, 2.24) is 9.97 Å². The summed E-state index contributed by atoms with van der Waals surface area (Å²) in [6.07, 6.45) is 0.338. The van der Waals surface area contributed by atoms with Gasteiger partial charge in [-0.3, -0.25) is 9.59 Å². The second-order valence-electron chi connectivity index (χ2n) is 4.61. The Kier molecular flexibility index (Phi) is 4.67. The summed E-state index contributed by atoms with van der Waals surface area (Å²) >= 11 is 0. The van der Waals surface area contributed by atoms with Crippen molar-refractivity contribution in [2.75, 3.05) is 11.1 Å². The van der Waals surface area contributed by atoms with E-state index in [9.17, 15) is 9.59 Å². The lowest BCUT2D eigenvalue weighted by molar-refractivity contribution is -0.152. The molecule has 1 aromatic carbocycles. The van der Waals surface area contributed by atoms with E-state index in [2.05, 4.69) is 15.3 Å². The van der Waals surface area contributed by atoms with Gasteiger partial charge in [0.2, 0.25) is 6.10 Å². The minimum absolute atomic E-state index is 0.149. The lowest BCUT2D eigenvalue weighted by atomic mass is 10.1. The average molecular weight is 300 g/mol. The number of hydrogen-bond acceptors (Lipinski definition) is 6. The molecule has 0 fully saturated rings. The van der Waals surface area contributed by atoms with Crippen LogP contribution in [0.4, 0.5) is 11.5 Å². The Balaban J connectivity index is 2.24. The number of anilines is 2. The average Bonchev–Trinajstić information content (AvgIpc) is 2.48. The maximum atomic E-state index is 12.4. The van der Waals surface area contributed by atoms with E-state index in [-0.39, 0.29) is 11.5 Å². The molecule has 0 aliphatic rings. The fourth-order valence-electron chi connectivity index (χ4n) is 1.85. The molecular weight excluding hydrogens is 284 g/mol. The minimum atomic E-state index is -1.07. The molecule has 0 bridgehead atoms. The number of hydrogen-bond donors (Lipinski definition) is 2. The molecule has 0 saturated carbocycles. The molecule has 3 N–H and O–H groups in total. The van der Waals surface area contributed by atoms with Gasteiger partial charge in [0.25, 0.3) is 5.91 Å². The summed E-state index contributed by atoms with van der Waals surface area (Å²) < 4.78 is 5.10. The molecule has 1 heterocycles. The lowest BCUT2D eigenvalue weighted by Crippen LogP contribution is -2.25. The summed E-state index contributed by atoms with van der Waals surface area (Å²) in [4.78, 5) is 31.6. The van der Waals surface area contributed by atoms with Gasteiger partial charge in [-0.15, -0.1) is 0 Å². The van der Waals surface area contributed by atoms with E-state index < -0.39 is 18.0 Å². The van der Waals surface area contributed by atoms with Crippen molar-refractivity contribution in [2.24, 2.45) is 0 Å². The topological polar surface area (TPSA) is 107 Å². The van der Waals surface area contributed by atoms with Gasteiger partial charge >= 0.3 is 5.97 Å². The molecule has 0 radical (unpaired) electrons. The first-order valence-electron chi connectivity index (χ1n) is 6.59. The largest absolute Gasteiger partial charge is 0.447 e. The smallest absolute Gasteiger partial charge is 0.303 e. The molecule has 7 nitrogen and oxygen atoms in total. The molecule has 1 atom stereocenters. The molecular formula is C15H16N4O3. The first kappa shape index (κ1) is 15.4. The van der Waals surface area contributed by atoms with Crippen LogP contribution in [0, 0.1) is 6.92 Å². The standard InChI is InChI=1S/C15H16N4O3/c1-9-17-8-12(14(16)18-9)19-15(21)13(22-10(2)20)11-6-4-3-5-7-11/h3-8,13H,1-2H3,(H,19,21)(H2,16,17,18)/t13-/m1/s1. The molecule has 0 unspecified atom stereocenters. The van der Waals surface area contributed by atoms with Crippen LogP contribution in [0.3, 0.4) is 0 Å². The number of nitrogen functional groups attached to an aromatic ring is 1. The van der Waals surface area contributed by atoms with Crippen molar-refractivity contribution in [2.45, 2.75) is 20.0 Å². The summed E-state index contributed by atoms with van der Waals surface area (Å²) in [5.41, 5.74) is 6.56. The van der Waals surface area contributed by atoms with Crippen molar-refractivity contribution in [1.29, 1.82) is 0 Å². The Morgan fingerprint density at radius 3 is 2.55 bits per heavy atom. The van der Waals surface area contributed by atoms with E-state index in [1.165, 1.54) is 13.1 Å². The third-order valence-corrected chi connectivity index (χ3v) is 2.82. The predicted octanol–water partition coefficient (Wildman–Crippen LogP) is 1.61. The normalized spacial score (nSPS) is 11.5. The molecule has 22 heavy (non-hydrogen) atoms. The number of carbonyl (C=O) groups is 2. The molecule has 0 saturated heterocycles. The van der Waals surface area contributed by atoms with Gasteiger partial charge in [0.05, 0.1) is 6.20 Å². The molecule has 2 rings (SSSR count). The number of esters is 1. The summed E-state index contributed by atoms with van der Waals surface area (Å²) in [5.74, 6) is -0.441. The quantitative estimate of drug-likeness (QED) is 0.831. The maximum Gasteiger partial charge on any atom is 0.303 e. The highest BCUT2D eigenvalue weighted by Gasteiger charge is 2.24. The van der Waals surface area contributed by atoms with Gasteiger partial charge in [-0.25, -0.2) is 9.97 Å². The van der Waals surface area contributed by atoms with Crippen LogP contribution in [-0.2, 0) is 14.3 Å². The first-order chi connectivity index (χ1) is 10.5. The summed E-state index contributed by atoms with van der Waals surface area (Å²) in [6, 6.07) is 8.70. The van der Waals surface area contributed by atoms with Crippen LogP contribution in [0.15, 0.2) is 36.5 Å². The van der Waals surface area contributed by atoms with Gasteiger partial charge in [-0.05, 0) is 6.92 Å². The zero-order valence-electron chi connectivity index (χ0n) is 12.2. The van der Waals surface area contributed by atoms with Crippen LogP contribution in [0.5, 0.6) is 0 Å². The second-order valence-corrected chi connectivity index (χ2v) is 4.61. The van der Waals surface area contributed by atoms with Crippen molar-refractivity contribution in [3.63, 3.8) is 0 Å². The van der Waals surface area contributed by atoms with E-state index in [1.54, 1.807) is 37.3 Å². The molecule has 1 amide bonds. The molecule has 0 aliphatic heterocycles. The van der Waals surface area contributed by atoms with Crippen LogP contribution >= 0.6 is 0 Å². The number of ether oxygens (including phenoxy) is 1. The SMILES string of the molecule is CC(=O)O[C@@H](C(=O)Nc1cnc(C)nc1N)c1ccccc1. The number of carbonyl (C=O) groups excluding carboxylic acids is 2. The number of aryl methyl sites for hydroxylation is 1. The number of benzene rings is 1. The van der Waals surface area contributed by atoms with Crippen molar-refractivity contribution >= 4 is 23.4 Å². The molecule has 1 aromatic heterocycles. The number of aromatic nitrogens is 2. The van der Waals surface area contributed by atoms with E-state index >= 15 is 0 Å².